The minimum absolute atomic E-state index is 0.0106. The second kappa shape index (κ2) is 4.66. The molecule has 0 aliphatic carbocycles. The van der Waals surface area contributed by atoms with Gasteiger partial charge in [0.15, 0.2) is 0 Å². The second-order valence-corrected chi connectivity index (χ2v) is 3.67. The molecule has 1 aromatic heterocycles. The van der Waals surface area contributed by atoms with E-state index in [2.05, 4.69) is 15.3 Å². The van der Waals surface area contributed by atoms with Gasteiger partial charge in [-0.2, -0.15) is 0 Å². The molecule has 2 rings (SSSR count). The highest BCUT2D eigenvalue weighted by molar-refractivity contribution is 6.06. The van der Waals surface area contributed by atoms with Gasteiger partial charge in [0.25, 0.3) is 11.6 Å². The summed E-state index contributed by atoms with van der Waals surface area (Å²) in [4.78, 5) is 28.7. The molecule has 1 aromatic carbocycles. The van der Waals surface area contributed by atoms with Gasteiger partial charge in [0.2, 0.25) is 5.95 Å². The molecule has 0 bridgehead atoms. The molecule has 0 spiro atoms. The van der Waals surface area contributed by atoms with E-state index in [9.17, 15) is 14.9 Å². The van der Waals surface area contributed by atoms with Crippen molar-refractivity contribution in [3.8, 4) is 0 Å². The Morgan fingerprint density at radius 3 is 2.89 bits per heavy atom. The third kappa shape index (κ3) is 2.34. The Balaban J connectivity index is 2.34. The molecule has 0 saturated heterocycles. The number of hydrogen-bond donors (Lipinski definition) is 2. The van der Waals surface area contributed by atoms with Crippen LogP contribution in [0, 0.1) is 17.0 Å². The van der Waals surface area contributed by atoms with E-state index in [1.54, 1.807) is 19.2 Å². The van der Waals surface area contributed by atoms with Crippen molar-refractivity contribution >= 4 is 17.5 Å². The van der Waals surface area contributed by atoms with Crippen molar-refractivity contribution in [3.63, 3.8) is 0 Å². The van der Waals surface area contributed by atoms with Crippen LogP contribution in [-0.4, -0.2) is 20.8 Å². The van der Waals surface area contributed by atoms with Crippen LogP contribution >= 0.6 is 0 Å². The summed E-state index contributed by atoms with van der Waals surface area (Å²) in [7, 11) is 0. The van der Waals surface area contributed by atoms with Crippen LogP contribution in [0.25, 0.3) is 0 Å². The fourth-order valence-corrected chi connectivity index (χ4v) is 1.50. The highest BCUT2D eigenvalue weighted by atomic mass is 16.6. The summed E-state index contributed by atoms with van der Waals surface area (Å²) in [5.74, 6) is -0.323. The molecule has 1 heterocycles. The molecule has 2 aromatic rings. The van der Waals surface area contributed by atoms with E-state index in [1.165, 1.54) is 18.3 Å². The molecule has 0 aliphatic heterocycles. The van der Waals surface area contributed by atoms with E-state index in [1.807, 2.05) is 0 Å². The van der Waals surface area contributed by atoms with Crippen molar-refractivity contribution in [1.82, 2.24) is 9.97 Å². The number of H-pyrrole nitrogens is 1. The van der Waals surface area contributed by atoms with E-state index in [4.69, 9.17) is 0 Å². The normalized spacial score (nSPS) is 10.1. The van der Waals surface area contributed by atoms with Gasteiger partial charge in [0.05, 0.1) is 4.92 Å². The number of nitro groups is 1. The topological polar surface area (TPSA) is 101 Å². The summed E-state index contributed by atoms with van der Waals surface area (Å²) < 4.78 is 0. The number of nitrogens with zero attached hydrogens (tertiary/aromatic N) is 2. The summed E-state index contributed by atoms with van der Waals surface area (Å²) in [5, 5.41) is 13.3. The molecule has 7 heteroatoms. The second-order valence-electron chi connectivity index (χ2n) is 3.67. The van der Waals surface area contributed by atoms with Crippen LogP contribution in [0.4, 0.5) is 11.6 Å². The number of nitro benzene ring substituents is 1. The average molecular weight is 246 g/mol. The van der Waals surface area contributed by atoms with Gasteiger partial charge >= 0.3 is 0 Å². The summed E-state index contributed by atoms with van der Waals surface area (Å²) in [6.45, 7) is 1.76. The predicted molar refractivity (Wildman–Crippen MR) is 64.4 cm³/mol. The fraction of sp³-hybridized carbons (Fsp3) is 0.0909. The van der Waals surface area contributed by atoms with E-state index < -0.39 is 10.8 Å². The molecular weight excluding hydrogens is 236 g/mol. The van der Waals surface area contributed by atoms with Gasteiger partial charge in [-0.3, -0.25) is 20.2 Å². The van der Waals surface area contributed by atoms with Gasteiger partial charge in [0, 0.05) is 18.5 Å². The standard InChI is InChI=1S/C11H10N4O3/c1-7-2-3-9(15(17)18)8(6-7)10(16)14-11-12-4-5-13-11/h2-6H,1H3,(H2,12,13,14,16). The van der Waals surface area contributed by atoms with E-state index in [-0.39, 0.29) is 17.2 Å². The molecule has 0 radical (unpaired) electrons. The highest BCUT2D eigenvalue weighted by Gasteiger charge is 2.20. The zero-order valence-corrected chi connectivity index (χ0v) is 9.51. The first-order valence-corrected chi connectivity index (χ1v) is 5.13. The Kier molecular flexibility index (Phi) is 3.05. The van der Waals surface area contributed by atoms with Gasteiger partial charge in [0.1, 0.15) is 5.56 Å². The molecule has 7 nitrogen and oxygen atoms in total. The number of rotatable bonds is 3. The molecule has 0 atom stereocenters. The number of hydrogen-bond acceptors (Lipinski definition) is 4. The van der Waals surface area contributed by atoms with Gasteiger partial charge in [-0.05, 0) is 18.6 Å². The van der Waals surface area contributed by atoms with Crippen LogP contribution in [0.3, 0.4) is 0 Å². The van der Waals surface area contributed by atoms with Crippen molar-refractivity contribution in [2.45, 2.75) is 6.92 Å². The number of aromatic nitrogens is 2. The van der Waals surface area contributed by atoms with E-state index in [0.717, 1.165) is 5.56 Å². The Bertz CT molecular complexity index is 592. The minimum atomic E-state index is -0.587. The lowest BCUT2D eigenvalue weighted by Crippen LogP contribution is -2.15. The lowest BCUT2D eigenvalue weighted by molar-refractivity contribution is -0.385. The number of nitrogens with one attached hydrogen (secondary N) is 2. The lowest BCUT2D eigenvalue weighted by atomic mass is 10.1. The molecule has 0 saturated carbocycles. The SMILES string of the molecule is Cc1ccc([N+](=O)[O-])c(C(=O)Nc2ncc[nH]2)c1. The molecule has 2 N–H and O–H groups in total. The van der Waals surface area contributed by atoms with Crippen LogP contribution in [0.2, 0.25) is 0 Å². The fourth-order valence-electron chi connectivity index (χ4n) is 1.50. The maximum Gasteiger partial charge on any atom is 0.282 e. The molecule has 0 unspecified atom stereocenters. The number of carbonyl (C=O) groups excluding carboxylic acids is 1. The van der Waals surface area contributed by atoms with Gasteiger partial charge < -0.3 is 4.98 Å². The Morgan fingerprint density at radius 1 is 1.50 bits per heavy atom. The first kappa shape index (κ1) is 11.8. The number of carbonyl (C=O) groups is 1. The number of aromatic amines is 1. The van der Waals surface area contributed by atoms with Crippen molar-refractivity contribution < 1.29 is 9.72 Å². The Labute approximate surface area is 102 Å². The van der Waals surface area contributed by atoms with Gasteiger partial charge in [-0.1, -0.05) is 6.07 Å². The molecular formula is C11H10N4O3. The first-order valence-electron chi connectivity index (χ1n) is 5.13. The smallest absolute Gasteiger partial charge is 0.282 e. The van der Waals surface area contributed by atoms with Crippen LogP contribution in [0.15, 0.2) is 30.6 Å². The number of amides is 1. The quantitative estimate of drug-likeness (QED) is 0.637. The minimum Gasteiger partial charge on any atom is -0.331 e. The molecule has 0 aliphatic rings. The number of imidazole rings is 1. The third-order valence-corrected chi connectivity index (χ3v) is 2.32. The monoisotopic (exact) mass is 246 g/mol. The first-order chi connectivity index (χ1) is 8.58. The van der Waals surface area contributed by atoms with Crippen LogP contribution in [0.5, 0.6) is 0 Å². The zero-order chi connectivity index (χ0) is 13.1. The largest absolute Gasteiger partial charge is 0.331 e. The predicted octanol–water partition coefficient (Wildman–Crippen LogP) is 1.88. The van der Waals surface area contributed by atoms with Gasteiger partial charge in [-0.15, -0.1) is 0 Å². The number of benzene rings is 1. The van der Waals surface area contributed by atoms with Crippen LogP contribution in [-0.2, 0) is 0 Å². The van der Waals surface area contributed by atoms with Crippen molar-refractivity contribution in [3.05, 3.63) is 51.8 Å². The van der Waals surface area contributed by atoms with Crippen molar-refractivity contribution in [2.24, 2.45) is 0 Å². The summed E-state index contributed by atoms with van der Waals surface area (Å²) in [5.41, 5.74) is 0.547. The van der Waals surface area contributed by atoms with Crippen LogP contribution in [0.1, 0.15) is 15.9 Å². The van der Waals surface area contributed by atoms with Crippen LogP contribution < -0.4 is 5.32 Å². The molecule has 1 amide bonds. The molecule has 92 valence electrons. The van der Waals surface area contributed by atoms with Gasteiger partial charge in [-0.25, -0.2) is 4.98 Å². The maximum absolute atomic E-state index is 11.9. The summed E-state index contributed by atoms with van der Waals surface area (Å²) in [6, 6.07) is 4.37. The lowest BCUT2D eigenvalue weighted by Gasteiger charge is -2.04. The zero-order valence-electron chi connectivity index (χ0n) is 9.51. The highest BCUT2D eigenvalue weighted by Crippen LogP contribution is 2.20. The summed E-state index contributed by atoms with van der Waals surface area (Å²) >= 11 is 0. The summed E-state index contributed by atoms with van der Waals surface area (Å²) in [6.07, 6.45) is 3.01. The number of anilines is 1. The molecule has 0 fully saturated rings. The van der Waals surface area contributed by atoms with E-state index in [0.29, 0.717) is 0 Å². The van der Waals surface area contributed by atoms with Crippen molar-refractivity contribution in [1.29, 1.82) is 0 Å². The Hall–Kier alpha value is -2.70. The Morgan fingerprint density at radius 2 is 2.28 bits per heavy atom. The molecule has 18 heavy (non-hydrogen) atoms. The average Bonchev–Trinajstić information content (AvgIpc) is 2.81. The maximum atomic E-state index is 11.9. The van der Waals surface area contributed by atoms with E-state index >= 15 is 0 Å². The third-order valence-electron chi connectivity index (χ3n) is 2.32. The number of aryl methyl sites for hydroxylation is 1. The van der Waals surface area contributed by atoms with Crippen molar-refractivity contribution in [2.75, 3.05) is 5.32 Å².